The number of amides is 3. The van der Waals surface area contributed by atoms with Crippen molar-refractivity contribution in [1.29, 1.82) is 0 Å². The Morgan fingerprint density at radius 3 is 2.43 bits per heavy atom. The highest BCUT2D eigenvalue weighted by Crippen LogP contribution is 2.31. The Balaban J connectivity index is 1.62. The molecule has 1 heterocycles. The topological polar surface area (TPSA) is 145 Å². The number of urea groups is 1. The van der Waals surface area contributed by atoms with E-state index in [9.17, 15) is 14.4 Å². The van der Waals surface area contributed by atoms with Gasteiger partial charge in [0.25, 0.3) is 0 Å². The summed E-state index contributed by atoms with van der Waals surface area (Å²) >= 11 is 6.23. The third-order valence-electron chi connectivity index (χ3n) is 4.79. The van der Waals surface area contributed by atoms with Crippen LogP contribution in [0, 0.1) is 6.92 Å². The molecule has 0 aliphatic carbocycles. The molecular formula is C25H26ClN5O6. The quantitative estimate of drug-likeness (QED) is 0.269. The van der Waals surface area contributed by atoms with Crippen LogP contribution in [-0.2, 0) is 4.74 Å². The molecule has 0 radical (unpaired) electrons. The van der Waals surface area contributed by atoms with Gasteiger partial charge in [-0.1, -0.05) is 11.6 Å². The van der Waals surface area contributed by atoms with Gasteiger partial charge in [0.1, 0.15) is 23.9 Å². The second-order valence-electron chi connectivity index (χ2n) is 8.04. The van der Waals surface area contributed by atoms with Crippen molar-refractivity contribution in [2.45, 2.75) is 6.92 Å². The van der Waals surface area contributed by atoms with E-state index in [1.54, 1.807) is 36.4 Å². The molecule has 194 valence electrons. The van der Waals surface area contributed by atoms with Gasteiger partial charge >= 0.3 is 18.1 Å². The molecule has 2 aromatic carbocycles. The van der Waals surface area contributed by atoms with Crippen molar-refractivity contribution in [1.82, 2.24) is 9.88 Å². The fraction of sp³-hybridized carbons (Fsp3) is 0.200. The number of pyridine rings is 1. The average molecular weight is 528 g/mol. The van der Waals surface area contributed by atoms with E-state index in [0.717, 1.165) is 5.56 Å². The molecule has 37 heavy (non-hydrogen) atoms. The van der Waals surface area contributed by atoms with E-state index < -0.39 is 18.1 Å². The number of hydrogen-bond acceptors (Lipinski definition) is 8. The number of likely N-dealkylation sites (N-methyl/N-ethyl adjacent to an activating group) is 1. The van der Waals surface area contributed by atoms with Gasteiger partial charge in [-0.3, -0.25) is 0 Å². The van der Waals surface area contributed by atoms with Crippen LogP contribution < -0.4 is 25.8 Å². The number of nitrogens with two attached hydrogens (primary N) is 1. The Morgan fingerprint density at radius 1 is 1.03 bits per heavy atom. The molecule has 0 fully saturated rings. The smallest absolute Gasteiger partial charge is 0.412 e. The number of rotatable bonds is 9. The van der Waals surface area contributed by atoms with Crippen molar-refractivity contribution in [2.75, 3.05) is 37.9 Å². The lowest BCUT2D eigenvalue weighted by Gasteiger charge is -2.16. The van der Waals surface area contributed by atoms with Crippen molar-refractivity contribution < 1.29 is 28.6 Å². The second kappa shape index (κ2) is 12.6. The summed E-state index contributed by atoms with van der Waals surface area (Å²) in [6.07, 6.45) is 0.0916. The lowest BCUT2D eigenvalue weighted by molar-refractivity contribution is 0.0631. The lowest BCUT2D eigenvalue weighted by Crippen LogP contribution is -2.22. The van der Waals surface area contributed by atoms with Crippen LogP contribution in [0.25, 0.3) is 0 Å². The minimum Gasteiger partial charge on any atom is -0.490 e. The molecule has 0 atom stereocenters. The highest BCUT2D eigenvalue weighted by atomic mass is 35.5. The van der Waals surface area contributed by atoms with E-state index in [1.165, 1.54) is 18.3 Å². The molecule has 11 nitrogen and oxygen atoms in total. The average Bonchev–Trinajstić information content (AvgIpc) is 2.83. The maximum atomic E-state index is 12.6. The van der Waals surface area contributed by atoms with Crippen molar-refractivity contribution in [3.8, 4) is 17.2 Å². The molecule has 0 saturated carbocycles. The molecule has 0 bridgehead atoms. The number of aryl methyl sites for hydroxylation is 1. The van der Waals surface area contributed by atoms with Gasteiger partial charge in [-0.2, -0.15) is 0 Å². The number of nitrogens with zero attached hydrogens (tertiary/aromatic N) is 2. The SMILES string of the molecule is Cc1cc(NC(=O)Nc2ccc(Oc3ccnc(C(=O)OC(N)=O)c3)cc2)c(OCCN(C)C)cc1Cl. The highest BCUT2D eigenvalue weighted by Gasteiger charge is 2.14. The summed E-state index contributed by atoms with van der Waals surface area (Å²) in [4.78, 5) is 41.0. The first-order valence-corrected chi connectivity index (χ1v) is 11.4. The van der Waals surface area contributed by atoms with Gasteiger partial charge in [-0.05, 0) is 63.0 Å². The number of anilines is 2. The molecule has 3 rings (SSSR count). The number of halogens is 1. The summed E-state index contributed by atoms with van der Waals surface area (Å²) in [6, 6.07) is 12.3. The van der Waals surface area contributed by atoms with E-state index in [2.05, 4.69) is 20.4 Å². The van der Waals surface area contributed by atoms with Gasteiger partial charge in [0.05, 0.1) is 5.69 Å². The van der Waals surface area contributed by atoms with Crippen LogP contribution in [0.15, 0.2) is 54.7 Å². The third-order valence-corrected chi connectivity index (χ3v) is 5.19. The predicted molar refractivity (Wildman–Crippen MR) is 139 cm³/mol. The summed E-state index contributed by atoms with van der Waals surface area (Å²) in [5, 5.41) is 6.06. The highest BCUT2D eigenvalue weighted by molar-refractivity contribution is 6.31. The molecule has 0 saturated heterocycles. The summed E-state index contributed by atoms with van der Waals surface area (Å²) in [5.41, 5.74) is 6.49. The number of ether oxygens (including phenoxy) is 3. The van der Waals surface area contributed by atoms with Gasteiger partial charge in [0.2, 0.25) is 0 Å². The van der Waals surface area contributed by atoms with Crippen LogP contribution in [0.1, 0.15) is 16.1 Å². The number of benzene rings is 2. The molecule has 12 heteroatoms. The van der Waals surface area contributed by atoms with Crippen molar-refractivity contribution in [3.05, 3.63) is 71.0 Å². The van der Waals surface area contributed by atoms with E-state index in [4.69, 9.17) is 26.8 Å². The number of carbonyl (C=O) groups excluding carboxylic acids is 3. The fourth-order valence-electron chi connectivity index (χ4n) is 2.98. The largest absolute Gasteiger partial charge is 0.490 e. The van der Waals surface area contributed by atoms with Crippen molar-refractivity contribution >= 4 is 41.1 Å². The minimum atomic E-state index is -1.23. The fourth-order valence-corrected chi connectivity index (χ4v) is 3.13. The third kappa shape index (κ3) is 8.37. The van der Waals surface area contributed by atoms with E-state index in [0.29, 0.717) is 41.0 Å². The first-order chi connectivity index (χ1) is 17.6. The Morgan fingerprint density at radius 2 is 1.76 bits per heavy atom. The summed E-state index contributed by atoms with van der Waals surface area (Å²) in [7, 11) is 3.87. The normalized spacial score (nSPS) is 10.5. The molecular weight excluding hydrogens is 502 g/mol. The van der Waals surface area contributed by atoms with Crippen LogP contribution >= 0.6 is 11.6 Å². The molecule has 4 N–H and O–H groups in total. The predicted octanol–water partition coefficient (Wildman–Crippen LogP) is 4.66. The maximum absolute atomic E-state index is 12.6. The lowest BCUT2D eigenvalue weighted by atomic mass is 10.2. The number of esters is 1. The molecule has 0 unspecified atom stereocenters. The zero-order valence-corrected chi connectivity index (χ0v) is 21.2. The van der Waals surface area contributed by atoms with Crippen LogP contribution in [0.5, 0.6) is 17.2 Å². The summed E-state index contributed by atoms with van der Waals surface area (Å²) < 4.78 is 15.8. The minimum absolute atomic E-state index is 0.145. The Kier molecular flexibility index (Phi) is 9.25. The van der Waals surface area contributed by atoms with Gasteiger partial charge in [-0.15, -0.1) is 0 Å². The molecule has 0 aliphatic rings. The van der Waals surface area contributed by atoms with E-state index >= 15 is 0 Å². The van der Waals surface area contributed by atoms with Crippen LogP contribution in [0.2, 0.25) is 5.02 Å². The first-order valence-electron chi connectivity index (χ1n) is 11.0. The van der Waals surface area contributed by atoms with Crippen molar-refractivity contribution in [3.63, 3.8) is 0 Å². The standard InChI is InChI=1S/C25H26ClN5O6/c1-15-12-20(22(14-19(15)26)35-11-10-31(2)3)30-25(34)29-16-4-6-17(7-5-16)36-18-8-9-28-21(13-18)23(32)37-24(27)33/h4-9,12-14H,10-11H2,1-3H3,(H2,27,33)(H2,29,30,34). The van der Waals surface area contributed by atoms with Gasteiger partial charge in [0.15, 0.2) is 5.69 Å². The zero-order valence-electron chi connectivity index (χ0n) is 20.4. The zero-order chi connectivity index (χ0) is 26.9. The number of hydrogen-bond donors (Lipinski definition) is 3. The number of nitrogens with one attached hydrogen (secondary N) is 2. The van der Waals surface area contributed by atoms with Gasteiger partial charge < -0.3 is 35.5 Å². The molecule has 3 aromatic rings. The summed E-state index contributed by atoms with van der Waals surface area (Å²) in [5.74, 6) is 0.180. The van der Waals surface area contributed by atoms with Gasteiger partial charge in [0, 0.05) is 35.6 Å². The Labute approximate surface area is 218 Å². The Hall–Kier alpha value is -4.35. The number of aromatic nitrogens is 1. The van der Waals surface area contributed by atoms with E-state index in [1.807, 2.05) is 25.9 Å². The molecule has 0 spiro atoms. The monoisotopic (exact) mass is 527 g/mol. The molecule has 3 amide bonds. The van der Waals surface area contributed by atoms with Crippen LogP contribution in [-0.4, -0.2) is 55.2 Å². The van der Waals surface area contributed by atoms with Crippen molar-refractivity contribution in [2.24, 2.45) is 5.73 Å². The van der Waals surface area contributed by atoms with Crippen LogP contribution in [0.4, 0.5) is 21.0 Å². The Bertz CT molecular complexity index is 1280. The molecule has 1 aromatic heterocycles. The maximum Gasteiger partial charge on any atom is 0.412 e. The number of carbonyl (C=O) groups is 3. The first kappa shape index (κ1) is 27.2. The number of primary amides is 1. The summed E-state index contributed by atoms with van der Waals surface area (Å²) in [6.45, 7) is 2.96. The molecule has 0 aliphatic heterocycles. The second-order valence-corrected chi connectivity index (χ2v) is 8.45. The van der Waals surface area contributed by atoms with Gasteiger partial charge in [-0.25, -0.2) is 19.4 Å². The van der Waals surface area contributed by atoms with Crippen LogP contribution in [0.3, 0.4) is 0 Å². The van der Waals surface area contributed by atoms with E-state index in [-0.39, 0.29) is 11.4 Å².